The molecule has 1 radical (unpaired) electrons. The molecule has 0 aliphatic carbocycles. The molecular weight excluding hydrogens is 200 g/mol. The van der Waals surface area contributed by atoms with Gasteiger partial charge < -0.3 is 4.74 Å². The highest BCUT2D eigenvalue weighted by atomic mass is 19.1. The van der Waals surface area contributed by atoms with E-state index in [0.29, 0.717) is 0 Å². The van der Waals surface area contributed by atoms with Crippen molar-refractivity contribution in [1.29, 1.82) is 0 Å². The molecule has 0 saturated carbocycles. The van der Waals surface area contributed by atoms with Crippen LogP contribution in [0.25, 0.3) is 0 Å². The van der Waals surface area contributed by atoms with Crippen LogP contribution < -0.4 is 4.74 Å². The molecule has 0 aliphatic rings. The number of benzene rings is 1. The minimum Gasteiger partial charge on any atom is -0.439 e. The Balaban J connectivity index is 2.25. The van der Waals surface area contributed by atoms with Crippen LogP contribution in [0, 0.1) is 17.7 Å². The van der Waals surface area contributed by atoms with Crippen molar-refractivity contribution in [3.63, 3.8) is 0 Å². The van der Waals surface area contributed by atoms with E-state index in [1.54, 1.807) is 6.07 Å². The molecule has 1 heterocycles. The van der Waals surface area contributed by atoms with E-state index in [4.69, 9.17) is 4.74 Å². The van der Waals surface area contributed by atoms with Gasteiger partial charge in [0.25, 0.3) is 0 Å². The third kappa shape index (κ3) is 2.49. The van der Waals surface area contributed by atoms with Crippen LogP contribution in [0.2, 0.25) is 0 Å². The average Bonchev–Trinajstić information content (AvgIpc) is 2.17. The number of pyridine rings is 1. The quantitative estimate of drug-likeness (QED) is 0.753. The summed E-state index contributed by atoms with van der Waals surface area (Å²) in [6.45, 7) is 0. The Morgan fingerprint density at radius 2 is 1.87 bits per heavy atom. The molecule has 0 fully saturated rings. The van der Waals surface area contributed by atoms with Crippen LogP contribution in [0.3, 0.4) is 0 Å². The number of nitrogens with zero attached hydrogens (tertiary/aromatic N) is 1. The predicted octanol–water partition coefficient (Wildman–Crippen LogP) is 2.95. The number of hydrogen-bond donors (Lipinski definition) is 0. The molecule has 75 valence electrons. The Hall–Kier alpha value is -1.97. The lowest BCUT2D eigenvalue weighted by Crippen LogP contribution is -1.89. The monoisotopic (exact) mass is 206 g/mol. The minimum absolute atomic E-state index is 0.0691. The first-order valence-corrected chi connectivity index (χ1v) is 4.20. The van der Waals surface area contributed by atoms with Crippen molar-refractivity contribution in [2.24, 2.45) is 0 Å². The van der Waals surface area contributed by atoms with E-state index >= 15 is 0 Å². The van der Waals surface area contributed by atoms with Crippen molar-refractivity contribution in [2.75, 3.05) is 0 Å². The molecule has 2 nitrogen and oxygen atoms in total. The smallest absolute Gasteiger partial charge is 0.219 e. The van der Waals surface area contributed by atoms with E-state index in [2.05, 4.69) is 11.1 Å². The van der Waals surface area contributed by atoms with Gasteiger partial charge in [-0.05, 0) is 12.1 Å². The fourth-order valence-electron chi connectivity index (χ4n) is 1.07. The highest BCUT2D eigenvalue weighted by molar-refractivity contribution is 5.27. The zero-order chi connectivity index (χ0) is 10.7. The Labute approximate surface area is 85.2 Å². The summed E-state index contributed by atoms with van der Waals surface area (Å²) in [7, 11) is 0. The lowest BCUT2D eigenvalue weighted by molar-refractivity contribution is 0.451. The molecule has 2 rings (SSSR count). The van der Waals surface area contributed by atoms with Crippen molar-refractivity contribution in [3.05, 3.63) is 54.2 Å². The Morgan fingerprint density at radius 1 is 1.13 bits per heavy atom. The Bertz CT molecular complexity index is 439. The van der Waals surface area contributed by atoms with Crippen LogP contribution in [0.5, 0.6) is 11.6 Å². The normalized spacial score (nSPS) is 10.0. The Morgan fingerprint density at radius 3 is 2.47 bits per heavy atom. The SMILES string of the molecule is Fc1cc(F)cc(Oc2c[c]ccn2)c1. The first-order valence-electron chi connectivity index (χ1n) is 4.20. The summed E-state index contributed by atoms with van der Waals surface area (Å²) in [5, 5.41) is 0. The lowest BCUT2D eigenvalue weighted by Gasteiger charge is -2.03. The molecule has 0 spiro atoms. The summed E-state index contributed by atoms with van der Waals surface area (Å²) in [5.74, 6) is -1.07. The molecule has 0 amide bonds. The maximum absolute atomic E-state index is 12.8. The number of ether oxygens (including phenoxy) is 1. The molecule has 15 heavy (non-hydrogen) atoms. The van der Waals surface area contributed by atoms with Gasteiger partial charge in [0.15, 0.2) is 0 Å². The molecular formula is C11H6F2NO. The molecule has 1 aromatic heterocycles. The number of halogens is 2. The summed E-state index contributed by atoms with van der Waals surface area (Å²) in [5.41, 5.74) is 0. The van der Waals surface area contributed by atoms with Gasteiger partial charge >= 0.3 is 0 Å². The van der Waals surface area contributed by atoms with Crippen LogP contribution in [-0.2, 0) is 0 Å². The molecule has 0 aliphatic heterocycles. The van der Waals surface area contributed by atoms with Gasteiger partial charge in [-0.15, -0.1) is 0 Å². The molecule has 4 heteroatoms. The fourth-order valence-corrected chi connectivity index (χ4v) is 1.07. The molecule has 0 unspecified atom stereocenters. The molecule has 0 saturated heterocycles. The Kier molecular flexibility index (Phi) is 2.58. The zero-order valence-electron chi connectivity index (χ0n) is 7.58. The standard InChI is InChI=1S/C11H6F2NO/c12-8-5-9(13)7-10(6-8)15-11-3-1-2-4-14-11/h2-7H. The van der Waals surface area contributed by atoms with E-state index in [1.165, 1.54) is 12.3 Å². The molecule has 0 bridgehead atoms. The van der Waals surface area contributed by atoms with Crippen molar-refractivity contribution in [3.8, 4) is 11.6 Å². The third-order valence-electron chi connectivity index (χ3n) is 1.64. The first kappa shape index (κ1) is 9.58. The van der Waals surface area contributed by atoms with Crippen LogP contribution in [0.1, 0.15) is 0 Å². The second-order valence-corrected chi connectivity index (χ2v) is 2.80. The van der Waals surface area contributed by atoms with Crippen LogP contribution >= 0.6 is 0 Å². The number of rotatable bonds is 2. The van der Waals surface area contributed by atoms with Crippen molar-refractivity contribution < 1.29 is 13.5 Å². The van der Waals surface area contributed by atoms with Gasteiger partial charge in [0, 0.05) is 30.5 Å². The summed E-state index contributed by atoms with van der Waals surface area (Å²) in [6.07, 6.45) is 1.48. The predicted molar refractivity (Wildman–Crippen MR) is 49.5 cm³/mol. The van der Waals surface area contributed by atoms with Crippen LogP contribution in [0.15, 0.2) is 36.5 Å². The highest BCUT2D eigenvalue weighted by Crippen LogP contribution is 2.20. The van der Waals surface area contributed by atoms with Gasteiger partial charge in [-0.1, -0.05) is 0 Å². The first-order chi connectivity index (χ1) is 7.24. The highest BCUT2D eigenvalue weighted by Gasteiger charge is 2.02. The largest absolute Gasteiger partial charge is 0.439 e. The maximum atomic E-state index is 12.8. The maximum Gasteiger partial charge on any atom is 0.219 e. The third-order valence-corrected chi connectivity index (χ3v) is 1.64. The van der Waals surface area contributed by atoms with Crippen molar-refractivity contribution >= 4 is 0 Å². The van der Waals surface area contributed by atoms with Gasteiger partial charge in [0.05, 0.1) is 0 Å². The van der Waals surface area contributed by atoms with Gasteiger partial charge in [-0.2, -0.15) is 0 Å². The minimum atomic E-state index is -0.690. The number of hydrogen-bond acceptors (Lipinski definition) is 2. The molecule has 0 N–H and O–H groups in total. The molecule has 2 aromatic rings. The summed E-state index contributed by atoms with van der Waals surface area (Å²) in [6, 6.07) is 8.74. The zero-order valence-corrected chi connectivity index (χ0v) is 7.58. The summed E-state index contributed by atoms with van der Waals surface area (Å²) in [4.78, 5) is 3.83. The van der Waals surface area contributed by atoms with E-state index in [9.17, 15) is 8.78 Å². The van der Waals surface area contributed by atoms with E-state index < -0.39 is 11.6 Å². The fraction of sp³-hybridized carbons (Fsp3) is 0. The van der Waals surface area contributed by atoms with Gasteiger partial charge in [0.1, 0.15) is 17.4 Å². The van der Waals surface area contributed by atoms with Crippen molar-refractivity contribution in [2.45, 2.75) is 0 Å². The van der Waals surface area contributed by atoms with Crippen molar-refractivity contribution in [1.82, 2.24) is 4.98 Å². The molecule has 0 atom stereocenters. The lowest BCUT2D eigenvalue weighted by atomic mass is 10.3. The van der Waals surface area contributed by atoms with Crippen LogP contribution in [-0.4, -0.2) is 4.98 Å². The summed E-state index contributed by atoms with van der Waals surface area (Å²) < 4.78 is 30.7. The van der Waals surface area contributed by atoms with Gasteiger partial charge in [-0.3, -0.25) is 0 Å². The summed E-state index contributed by atoms with van der Waals surface area (Å²) >= 11 is 0. The van der Waals surface area contributed by atoms with E-state index in [-0.39, 0.29) is 11.6 Å². The second kappa shape index (κ2) is 4.04. The number of aromatic nitrogens is 1. The molecule has 1 aromatic carbocycles. The average molecular weight is 206 g/mol. The topological polar surface area (TPSA) is 22.1 Å². The van der Waals surface area contributed by atoms with E-state index in [1.807, 2.05) is 0 Å². The van der Waals surface area contributed by atoms with Crippen LogP contribution in [0.4, 0.5) is 8.78 Å². The van der Waals surface area contributed by atoms with E-state index in [0.717, 1.165) is 18.2 Å². The van der Waals surface area contributed by atoms with Gasteiger partial charge in [0.2, 0.25) is 5.88 Å². The van der Waals surface area contributed by atoms with Gasteiger partial charge in [-0.25, -0.2) is 13.8 Å². The second-order valence-electron chi connectivity index (χ2n) is 2.80.